The zero-order valence-corrected chi connectivity index (χ0v) is 12.5. The van der Waals surface area contributed by atoms with Crippen molar-refractivity contribution in [1.29, 1.82) is 0 Å². The monoisotopic (exact) mass is 362 g/mol. The van der Waals surface area contributed by atoms with Crippen LogP contribution >= 0.6 is 34.8 Å². The highest BCUT2D eigenvalue weighted by Crippen LogP contribution is 2.11. The van der Waals surface area contributed by atoms with Crippen molar-refractivity contribution in [2.24, 2.45) is 5.73 Å². The average molecular weight is 362 g/mol. The number of carbonyl (C=O) groups is 1. The number of halogens is 1. The first-order chi connectivity index (χ1) is 8.06. The maximum Gasteiger partial charge on any atom is 0.252 e. The summed E-state index contributed by atoms with van der Waals surface area (Å²) >= 11 is 7.08. The van der Waals surface area contributed by atoms with Crippen LogP contribution in [0.25, 0.3) is 0 Å². The van der Waals surface area contributed by atoms with E-state index in [4.69, 9.17) is 18.0 Å². The van der Waals surface area contributed by atoms with Crippen molar-refractivity contribution >= 4 is 45.7 Å². The second-order valence-corrected chi connectivity index (χ2v) is 5.33. The SMILES string of the molecule is CCCC(NC(=O)c1ccccc1I)C(N)=S. The standard InChI is InChI=1S/C12H15IN2OS/c1-2-5-10(11(14)17)15-12(16)8-6-3-4-7-9(8)13/h3-4,6-7,10H,2,5H2,1H3,(H2,14,17)(H,15,16). The highest BCUT2D eigenvalue weighted by atomic mass is 127. The molecule has 0 radical (unpaired) electrons. The number of rotatable bonds is 5. The van der Waals surface area contributed by atoms with E-state index in [9.17, 15) is 4.79 Å². The van der Waals surface area contributed by atoms with E-state index in [0.29, 0.717) is 10.6 Å². The first kappa shape index (κ1) is 14.4. The Labute approximate surface area is 120 Å². The quantitative estimate of drug-likeness (QED) is 0.625. The molecule has 1 amide bonds. The van der Waals surface area contributed by atoms with E-state index < -0.39 is 0 Å². The van der Waals surface area contributed by atoms with Crippen LogP contribution in [0.3, 0.4) is 0 Å². The molecule has 17 heavy (non-hydrogen) atoms. The molecule has 0 aliphatic heterocycles. The van der Waals surface area contributed by atoms with Crippen LogP contribution in [0.5, 0.6) is 0 Å². The van der Waals surface area contributed by atoms with Gasteiger partial charge in [-0.1, -0.05) is 37.7 Å². The Morgan fingerprint density at radius 2 is 2.18 bits per heavy atom. The Balaban J connectivity index is 2.77. The van der Waals surface area contributed by atoms with Crippen molar-refractivity contribution in [2.45, 2.75) is 25.8 Å². The van der Waals surface area contributed by atoms with E-state index in [1.54, 1.807) is 6.07 Å². The Hall–Kier alpha value is -0.690. The fourth-order valence-corrected chi connectivity index (χ4v) is 2.26. The Kier molecular flexibility index (Phi) is 5.84. The Bertz CT molecular complexity index is 423. The number of amides is 1. The molecule has 1 atom stereocenters. The lowest BCUT2D eigenvalue weighted by Gasteiger charge is -2.17. The molecule has 92 valence electrons. The lowest BCUT2D eigenvalue weighted by atomic mass is 10.1. The molecule has 0 aliphatic carbocycles. The molecule has 3 nitrogen and oxygen atoms in total. The Morgan fingerprint density at radius 3 is 2.71 bits per heavy atom. The van der Waals surface area contributed by atoms with Crippen molar-refractivity contribution in [3.05, 3.63) is 33.4 Å². The van der Waals surface area contributed by atoms with Gasteiger partial charge in [-0.15, -0.1) is 0 Å². The minimum atomic E-state index is -0.224. The third-order valence-electron chi connectivity index (χ3n) is 2.34. The van der Waals surface area contributed by atoms with Gasteiger partial charge in [0.2, 0.25) is 0 Å². The Morgan fingerprint density at radius 1 is 1.53 bits per heavy atom. The van der Waals surface area contributed by atoms with Crippen molar-refractivity contribution in [3.8, 4) is 0 Å². The van der Waals surface area contributed by atoms with Crippen LogP contribution in [0.2, 0.25) is 0 Å². The smallest absolute Gasteiger partial charge is 0.252 e. The van der Waals surface area contributed by atoms with Crippen LogP contribution in [-0.4, -0.2) is 16.9 Å². The summed E-state index contributed by atoms with van der Waals surface area (Å²) in [6.07, 6.45) is 1.69. The zero-order valence-electron chi connectivity index (χ0n) is 9.57. The molecule has 1 unspecified atom stereocenters. The third kappa shape index (κ3) is 4.23. The number of thiocarbonyl (C=S) groups is 1. The number of benzene rings is 1. The van der Waals surface area contributed by atoms with Gasteiger partial charge in [0, 0.05) is 3.57 Å². The summed E-state index contributed by atoms with van der Waals surface area (Å²) in [5.74, 6) is -0.124. The van der Waals surface area contributed by atoms with Gasteiger partial charge < -0.3 is 11.1 Å². The first-order valence-electron chi connectivity index (χ1n) is 5.41. The maximum absolute atomic E-state index is 12.0. The van der Waals surface area contributed by atoms with Crippen LogP contribution in [-0.2, 0) is 0 Å². The lowest BCUT2D eigenvalue weighted by molar-refractivity contribution is 0.0945. The molecule has 0 aliphatic rings. The fourth-order valence-electron chi connectivity index (χ4n) is 1.46. The van der Waals surface area contributed by atoms with Crippen molar-refractivity contribution in [3.63, 3.8) is 0 Å². The summed E-state index contributed by atoms with van der Waals surface area (Å²) in [5.41, 5.74) is 6.26. The molecule has 1 aromatic rings. The zero-order chi connectivity index (χ0) is 12.8. The van der Waals surface area contributed by atoms with Crippen LogP contribution in [0.4, 0.5) is 0 Å². The average Bonchev–Trinajstić information content (AvgIpc) is 2.28. The molecule has 0 fully saturated rings. The highest BCUT2D eigenvalue weighted by molar-refractivity contribution is 14.1. The van der Waals surface area contributed by atoms with Crippen molar-refractivity contribution < 1.29 is 4.79 Å². The summed E-state index contributed by atoms with van der Waals surface area (Å²) in [6.45, 7) is 2.03. The lowest BCUT2D eigenvalue weighted by Crippen LogP contribution is -2.43. The first-order valence-corrected chi connectivity index (χ1v) is 6.89. The molecule has 0 spiro atoms. The minimum Gasteiger partial charge on any atom is -0.392 e. The predicted octanol–water partition coefficient (Wildman–Crippen LogP) is 2.48. The second-order valence-electron chi connectivity index (χ2n) is 3.70. The molecule has 0 saturated heterocycles. The minimum absolute atomic E-state index is 0.124. The molecule has 3 N–H and O–H groups in total. The number of hydrogen-bond acceptors (Lipinski definition) is 2. The molecule has 5 heteroatoms. The number of carbonyl (C=O) groups excluding carboxylic acids is 1. The summed E-state index contributed by atoms with van der Waals surface area (Å²) in [5, 5.41) is 2.86. The third-order valence-corrected chi connectivity index (χ3v) is 3.57. The highest BCUT2D eigenvalue weighted by Gasteiger charge is 2.16. The largest absolute Gasteiger partial charge is 0.392 e. The summed E-state index contributed by atoms with van der Waals surface area (Å²) < 4.78 is 0.917. The molecular formula is C12H15IN2OS. The van der Waals surface area contributed by atoms with E-state index in [1.165, 1.54) is 0 Å². The number of hydrogen-bond donors (Lipinski definition) is 2. The molecule has 0 saturated carbocycles. The van der Waals surface area contributed by atoms with Crippen LogP contribution in [0, 0.1) is 3.57 Å². The van der Waals surface area contributed by atoms with Gasteiger partial charge in [0.05, 0.1) is 16.6 Å². The second kappa shape index (κ2) is 6.90. The normalized spacial score (nSPS) is 11.9. The van der Waals surface area contributed by atoms with Crippen LogP contribution in [0.1, 0.15) is 30.1 Å². The van der Waals surface area contributed by atoms with E-state index in [2.05, 4.69) is 27.9 Å². The van der Waals surface area contributed by atoms with E-state index in [-0.39, 0.29) is 11.9 Å². The summed E-state index contributed by atoms with van der Waals surface area (Å²) in [7, 11) is 0. The molecule has 1 rings (SSSR count). The summed E-state index contributed by atoms with van der Waals surface area (Å²) in [6, 6.07) is 7.20. The number of nitrogens with two attached hydrogens (primary N) is 1. The van der Waals surface area contributed by atoms with E-state index >= 15 is 0 Å². The van der Waals surface area contributed by atoms with Gasteiger partial charge in [-0.2, -0.15) is 0 Å². The van der Waals surface area contributed by atoms with Crippen LogP contribution < -0.4 is 11.1 Å². The van der Waals surface area contributed by atoms with E-state index in [0.717, 1.165) is 16.4 Å². The van der Waals surface area contributed by atoms with Gasteiger partial charge in [0.15, 0.2) is 0 Å². The maximum atomic E-state index is 12.0. The topological polar surface area (TPSA) is 55.1 Å². The van der Waals surface area contributed by atoms with Gasteiger partial charge >= 0.3 is 0 Å². The van der Waals surface area contributed by atoms with Gasteiger partial charge in [-0.25, -0.2) is 0 Å². The summed E-state index contributed by atoms with van der Waals surface area (Å²) in [4.78, 5) is 12.4. The van der Waals surface area contributed by atoms with Gasteiger partial charge in [0.1, 0.15) is 0 Å². The molecule has 0 heterocycles. The number of nitrogens with one attached hydrogen (secondary N) is 1. The molecule has 0 bridgehead atoms. The predicted molar refractivity (Wildman–Crippen MR) is 82.1 cm³/mol. The van der Waals surface area contributed by atoms with Gasteiger partial charge in [-0.05, 0) is 41.1 Å². The molecular weight excluding hydrogens is 347 g/mol. The van der Waals surface area contributed by atoms with Gasteiger partial charge in [0.25, 0.3) is 5.91 Å². The van der Waals surface area contributed by atoms with Crippen LogP contribution in [0.15, 0.2) is 24.3 Å². The molecule has 0 aromatic heterocycles. The molecule has 1 aromatic carbocycles. The van der Waals surface area contributed by atoms with E-state index in [1.807, 2.05) is 25.1 Å². The van der Waals surface area contributed by atoms with Gasteiger partial charge in [-0.3, -0.25) is 4.79 Å². The fraction of sp³-hybridized carbons (Fsp3) is 0.333. The van der Waals surface area contributed by atoms with Crippen molar-refractivity contribution in [2.75, 3.05) is 0 Å². The van der Waals surface area contributed by atoms with Crippen molar-refractivity contribution in [1.82, 2.24) is 5.32 Å².